The van der Waals surface area contributed by atoms with E-state index >= 15 is 0 Å². The molecule has 0 bridgehead atoms. The maximum Gasteiger partial charge on any atom is 0.271 e. The lowest BCUT2D eigenvalue weighted by atomic mass is 10.2. The lowest BCUT2D eigenvalue weighted by molar-refractivity contribution is 0.0846. The molecule has 0 aromatic heterocycles. The van der Waals surface area contributed by atoms with Gasteiger partial charge in [0, 0.05) is 18.7 Å². The fourth-order valence-corrected chi connectivity index (χ4v) is 4.51. The highest BCUT2D eigenvalue weighted by Crippen LogP contribution is 2.25. The van der Waals surface area contributed by atoms with Gasteiger partial charge in [-0.15, -0.1) is 0 Å². The molecule has 0 saturated carbocycles. The van der Waals surface area contributed by atoms with Crippen molar-refractivity contribution in [3.63, 3.8) is 0 Å². The normalized spacial score (nSPS) is 14.7. The molecule has 0 unspecified atom stereocenters. The SMILES string of the molecule is O=C(NNC(=O)c1cc(S(=O)(=O)N2CCCC2)ccc1Cl)c1ccccc1. The smallest absolute Gasteiger partial charge is 0.267 e. The molecule has 0 aliphatic carbocycles. The number of rotatable bonds is 4. The molecular formula is C18H18ClN3O4S. The maximum absolute atomic E-state index is 12.7. The maximum atomic E-state index is 12.7. The van der Waals surface area contributed by atoms with Crippen molar-refractivity contribution in [1.82, 2.24) is 15.2 Å². The van der Waals surface area contributed by atoms with E-state index in [4.69, 9.17) is 11.6 Å². The Kier molecular flexibility index (Phi) is 5.79. The van der Waals surface area contributed by atoms with E-state index in [0.29, 0.717) is 18.7 Å². The molecule has 9 heteroatoms. The fraction of sp³-hybridized carbons (Fsp3) is 0.222. The lowest BCUT2D eigenvalue weighted by Gasteiger charge is -2.16. The first-order valence-electron chi connectivity index (χ1n) is 8.35. The van der Waals surface area contributed by atoms with Crippen LogP contribution in [0.1, 0.15) is 33.6 Å². The highest BCUT2D eigenvalue weighted by Gasteiger charge is 2.28. The van der Waals surface area contributed by atoms with Crippen molar-refractivity contribution in [2.24, 2.45) is 0 Å². The number of nitrogens with one attached hydrogen (secondary N) is 2. The van der Waals surface area contributed by atoms with Gasteiger partial charge in [0.15, 0.2) is 0 Å². The van der Waals surface area contributed by atoms with Crippen molar-refractivity contribution in [2.75, 3.05) is 13.1 Å². The van der Waals surface area contributed by atoms with Gasteiger partial charge in [-0.1, -0.05) is 29.8 Å². The highest BCUT2D eigenvalue weighted by atomic mass is 35.5. The van der Waals surface area contributed by atoms with Gasteiger partial charge in [0.05, 0.1) is 15.5 Å². The fourth-order valence-electron chi connectivity index (χ4n) is 2.76. The molecule has 142 valence electrons. The Morgan fingerprint density at radius 3 is 2.22 bits per heavy atom. The number of hydrogen-bond donors (Lipinski definition) is 2. The summed E-state index contributed by atoms with van der Waals surface area (Å²) in [5.74, 6) is -1.20. The molecule has 1 fully saturated rings. The number of carbonyl (C=O) groups excluding carboxylic acids is 2. The topological polar surface area (TPSA) is 95.6 Å². The van der Waals surface area contributed by atoms with Crippen LogP contribution in [-0.4, -0.2) is 37.6 Å². The zero-order valence-electron chi connectivity index (χ0n) is 14.3. The summed E-state index contributed by atoms with van der Waals surface area (Å²) >= 11 is 6.05. The second-order valence-corrected chi connectivity index (χ2v) is 8.37. The van der Waals surface area contributed by atoms with Gasteiger partial charge in [-0.2, -0.15) is 4.31 Å². The zero-order valence-corrected chi connectivity index (χ0v) is 15.9. The van der Waals surface area contributed by atoms with Crippen LogP contribution in [0.3, 0.4) is 0 Å². The predicted molar refractivity (Wildman–Crippen MR) is 101 cm³/mol. The van der Waals surface area contributed by atoms with Gasteiger partial charge in [0.25, 0.3) is 11.8 Å². The first-order chi connectivity index (χ1) is 12.9. The monoisotopic (exact) mass is 407 g/mol. The molecule has 1 aliphatic rings. The van der Waals surface area contributed by atoms with Crippen molar-refractivity contribution >= 4 is 33.4 Å². The van der Waals surface area contributed by atoms with Crippen molar-refractivity contribution in [2.45, 2.75) is 17.7 Å². The van der Waals surface area contributed by atoms with Crippen LogP contribution < -0.4 is 10.9 Å². The predicted octanol–water partition coefficient (Wildman–Crippen LogP) is 2.20. The standard InChI is InChI=1S/C18H18ClN3O4S/c19-16-9-8-14(27(25,26)22-10-4-5-11-22)12-15(16)18(24)21-20-17(23)13-6-2-1-3-7-13/h1-3,6-9,12H,4-5,10-11H2,(H,20,23)(H,21,24). The minimum atomic E-state index is -3.68. The molecule has 0 atom stereocenters. The first kappa shape index (κ1) is 19.3. The van der Waals surface area contributed by atoms with Gasteiger partial charge in [-0.25, -0.2) is 8.42 Å². The quantitative estimate of drug-likeness (QED) is 0.759. The Hall–Kier alpha value is -2.42. The van der Waals surface area contributed by atoms with E-state index in [1.807, 2.05) is 0 Å². The van der Waals surface area contributed by atoms with Crippen LogP contribution in [0.5, 0.6) is 0 Å². The molecule has 7 nitrogen and oxygen atoms in total. The highest BCUT2D eigenvalue weighted by molar-refractivity contribution is 7.89. The first-order valence-corrected chi connectivity index (χ1v) is 10.2. The number of amides is 2. The summed E-state index contributed by atoms with van der Waals surface area (Å²) in [5, 5.41) is 0.0850. The molecule has 1 saturated heterocycles. The Balaban J connectivity index is 1.76. The second-order valence-electron chi connectivity index (χ2n) is 6.03. The van der Waals surface area contributed by atoms with Crippen LogP contribution >= 0.6 is 11.6 Å². The van der Waals surface area contributed by atoms with Crippen LogP contribution in [0.4, 0.5) is 0 Å². The molecule has 27 heavy (non-hydrogen) atoms. The molecular weight excluding hydrogens is 390 g/mol. The van der Waals surface area contributed by atoms with E-state index in [1.54, 1.807) is 30.3 Å². The summed E-state index contributed by atoms with van der Waals surface area (Å²) in [6, 6.07) is 12.3. The summed E-state index contributed by atoms with van der Waals surface area (Å²) in [5.41, 5.74) is 4.87. The number of hydrogen-bond acceptors (Lipinski definition) is 4. The van der Waals surface area contributed by atoms with Gasteiger partial charge in [0.1, 0.15) is 0 Å². The van der Waals surface area contributed by atoms with E-state index in [-0.39, 0.29) is 15.5 Å². The van der Waals surface area contributed by atoms with Crippen LogP contribution in [0.2, 0.25) is 5.02 Å². The number of nitrogens with zero attached hydrogens (tertiary/aromatic N) is 1. The summed E-state index contributed by atoms with van der Waals surface area (Å²) in [7, 11) is -3.68. The van der Waals surface area contributed by atoms with Gasteiger partial charge < -0.3 is 0 Å². The molecule has 2 aromatic carbocycles. The van der Waals surface area contributed by atoms with Crippen molar-refractivity contribution < 1.29 is 18.0 Å². The molecule has 3 rings (SSSR count). The molecule has 1 aliphatic heterocycles. The third-order valence-electron chi connectivity index (χ3n) is 4.21. The van der Waals surface area contributed by atoms with Gasteiger partial charge in [-0.05, 0) is 43.2 Å². The average Bonchev–Trinajstić information content (AvgIpc) is 3.22. The molecule has 2 amide bonds. The van der Waals surface area contributed by atoms with Crippen molar-refractivity contribution in [1.29, 1.82) is 0 Å². The number of halogens is 1. The Labute approximate surface area is 162 Å². The van der Waals surface area contributed by atoms with E-state index < -0.39 is 21.8 Å². The third kappa shape index (κ3) is 4.29. The molecule has 1 heterocycles. The lowest BCUT2D eigenvalue weighted by Crippen LogP contribution is -2.41. The third-order valence-corrected chi connectivity index (χ3v) is 6.44. The summed E-state index contributed by atoms with van der Waals surface area (Å²) in [6.07, 6.45) is 1.62. The van der Waals surface area contributed by atoms with Gasteiger partial charge in [-0.3, -0.25) is 20.4 Å². The van der Waals surface area contributed by atoms with Crippen LogP contribution in [0.15, 0.2) is 53.4 Å². The van der Waals surface area contributed by atoms with Gasteiger partial charge in [0.2, 0.25) is 10.0 Å². The number of carbonyl (C=O) groups is 2. The number of hydrazine groups is 1. The zero-order chi connectivity index (χ0) is 19.4. The average molecular weight is 408 g/mol. The van der Waals surface area contributed by atoms with E-state index in [9.17, 15) is 18.0 Å². The minimum absolute atomic E-state index is 0.00617. The molecule has 2 aromatic rings. The summed E-state index contributed by atoms with van der Waals surface area (Å²) < 4.78 is 26.7. The number of benzene rings is 2. The summed E-state index contributed by atoms with van der Waals surface area (Å²) in [4.78, 5) is 24.4. The van der Waals surface area contributed by atoms with Crippen LogP contribution in [-0.2, 0) is 10.0 Å². The largest absolute Gasteiger partial charge is 0.271 e. The van der Waals surface area contributed by atoms with E-state index in [2.05, 4.69) is 10.9 Å². The van der Waals surface area contributed by atoms with Crippen LogP contribution in [0, 0.1) is 0 Å². The Bertz CT molecular complexity index is 958. The molecule has 0 spiro atoms. The minimum Gasteiger partial charge on any atom is -0.267 e. The van der Waals surface area contributed by atoms with Crippen molar-refractivity contribution in [3.05, 3.63) is 64.7 Å². The van der Waals surface area contributed by atoms with E-state index in [1.165, 1.54) is 22.5 Å². The van der Waals surface area contributed by atoms with Crippen molar-refractivity contribution in [3.8, 4) is 0 Å². The number of sulfonamides is 1. The Morgan fingerprint density at radius 2 is 1.56 bits per heavy atom. The van der Waals surface area contributed by atoms with E-state index in [0.717, 1.165) is 12.8 Å². The Morgan fingerprint density at radius 1 is 0.926 bits per heavy atom. The summed E-state index contributed by atoms with van der Waals surface area (Å²) in [6.45, 7) is 0.916. The molecule has 2 N–H and O–H groups in total. The molecule has 0 radical (unpaired) electrons. The second kappa shape index (κ2) is 8.08. The van der Waals surface area contributed by atoms with Gasteiger partial charge >= 0.3 is 0 Å². The van der Waals surface area contributed by atoms with Crippen LogP contribution in [0.25, 0.3) is 0 Å².